The molecule has 3 rings (SSSR count). The molecule has 2 aromatic heterocycles. The zero-order valence-corrected chi connectivity index (χ0v) is 20.4. The quantitative estimate of drug-likeness (QED) is 0.185. The highest BCUT2D eigenvalue weighted by Gasteiger charge is 2.06. The van der Waals surface area contributed by atoms with Gasteiger partial charge in [-0.25, -0.2) is 9.38 Å². The number of rotatable bonds is 9. The molecule has 0 atom stereocenters. The standard InChI is InChI=1S/C21H27FN6S.HI/c1-3-23-21(25-14-16-9-10-18(22)13-17(16)15-29-2)24-11-6-8-20-27-26-19-7-4-5-12-28(19)20;/h4-5,7,9-10,12-13H,3,6,8,11,14-15H2,1-2H3,(H2,23,24,25);1H. The first-order chi connectivity index (χ1) is 14.2. The minimum Gasteiger partial charge on any atom is -0.357 e. The summed E-state index contributed by atoms with van der Waals surface area (Å²) in [5.74, 6) is 2.29. The predicted octanol–water partition coefficient (Wildman–Crippen LogP) is 4.04. The Kier molecular flexibility index (Phi) is 10.4. The van der Waals surface area contributed by atoms with Crippen LogP contribution in [0.5, 0.6) is 0 Å². The number of aryl methyl sites for hydroxylation is 1. The summed E-state index contributed by atoms with van der Waals surface area (Å²) in [4.78, 5) is 4.67. The van der Waals surface area contributed by atoms with Gasteiger partial charge in [-0.3, -0.25) is 4.40 Å². The van der Waals surface area contributed by atoms with Crippen molar-refractivity contribution in [1.29, 1.82) is 0 Å². The summed E-state index contributed by atoms with van der Waals surface area (Å²) < 4.78 is 15.5. The number of pyridine rings is 1. The van der Waals surface area contributed by atoms with Crippen molar-refractivity contribution < 1.29 is 4.39 Å². The average Bonchev–Trinajstić information content (AvgIpc) is 3.14. The molecular weight excluding hydrogens is 514 g/mol. The monoisotopic (exact) mass is 542 g/mol. The van der Waals surface area contributed by atoms with Crippen LogP contribution in [0.2, 0.25) is 0 Å². The van der Waals surface area contributed by atoms with Gasteiger partial charge in [0.1, 0.15) is 11.6 Å². The lowest BCUT2D eigenvalue weighted by molar-refractivity contribution is 0.625. The number of aromatic nitrogens is 3. The second-order valence-corrected chi connectivity index (χ2v) is 7.48. The van der Waals surface area contributed by atoms with Crippen molar-refractivity contribution in [3.05, 3.63) is 65.4 Å². The van der Waals surface area contributed by atoms with Gasteiger partial charge in [0, 0.05) is 31.5 Å². The maximum absolute atomic E-state index is 13.5. The summed E-state index contributed by atoms with van der Waals surface area (Å²) in [5.41, 5.74) is 2.91. The number of benzene rings is 1. The van der Waals surface area contributed by atoms with Gasteiger partial charge < -0.3 is 10.6 Å². The molecule has 162 valence electrons. The van der Waals surface area contributed by atoms with E-state index in [1.165, 1.54) is 6.07 Å². The molecule has 0 aliphatic heterocycles. The largest absolute Gasteiger partial charge is 0.357 e. The van der Waals surface area contributed by atoms with Crippen LogP contribution in [-0.2, 0) is 18.7 Å². The van der Waals surface area contributed by atoms with Crippen molar-refractivity contribution in [2.75, 3.05) is 19.3 Å². The Morgan fingerprint density at radius 2 is 2.03 bits per heavy atom. The van der Waals surface area contributed by atoms with E-state index < -0.39 is 0 Å². The molecular formula is C21H28FIN6S. The lowest BCUT2D eigenvalue weighted by Gasteiger charge is -2.12. The van der Waals surface area contributed by atoms with Crippen LogP contribution in [0.1, 0.15) is 30.3 Å². The Morgan fingerprint density at radius 3 is 2.83 bits per heavy atom. The van der Waals surface area contributed by atoms with E-state index in [2.05, 4.69) is 25.8 Å². The van der Waals surface area contributed by atoms with Gasteiger partial charge in [0.15, 0.2) is 11.6 Å². The van der Waals surface area contributed by atoms with Crippen molar-refractivity contribution in [3.8, 4) is 0 Å². The van der Waals surface area contributed by atoms with Crippen LogP contribution in [0.25, 0.3) is 5.65 Å². The first-order valence-electron chi connectivity index (χ1n) is 9.78. The summed E-state index contributed by atoms with van der Waals surface area (Å²) in [7, 11) is 0. The van der Waals surface area contributed by atoms with Gasteiger partial charge in [-0.1, -0.05) is 12.1 Å². The Bertz CT molecular complexity index is 962. The summed E-state index contributed by atoms with van der Waals surface area (Å²) in [6.07, 6.45) is 5.74. The lowest BCUT2D eigenvalue weighted by Crippen LogP contribution is -2.37. The maximum atomic E-state index is 13.5. The fourth-order valence-corrected chi connectivity index (χ4v) is 3.64. The third-order valence-corrected chi connectivity index (χ3v) is 5.07. The number of nitrogens with one attached hydrogen (secondary N) is 2. The molecule has 2 N–H and O–H groups in total. The Labute approximate surface area is 198 Å². The highest BCUT2D eigenvalue weighted by atomic mass is 127. The molecule has 0 fully saturated rings. The van der Waals surface area contributed by atoms with Crippen molar-refractivity contribution in [3.63, 3.8) is 0 Å². The molecule has 1 aromatic carbocycles. The zero-order chi connectivity index (χ0) is 20.5. The minimum absolute atomic E-state index is 0. The number of thioether (sulfide) groups is 1. The van der Waals surface area contributed by atoms with Crippen LogP contribution in [0.4, 0.5) is 4.39 Å². The molecule has 0 aliphatic carbocycles. The fraction of sp³-hybridized carbons (Fsp3) is 0.381. The average molecular weight is 542 g/mol. The number of fused-ring (bicyclic) bond motifs is 1. The van der Waals surface area contributed by atoms with Crippen LogP contribution in [-0.4, -0.2) is 39.9 Å². The lowest BCUT2D eigenvalue weighted by atomic mass is 10.1. The molecule has 3 aromatic rings. The summed E-state index contributed by atoms with van der Waals surface area (Å²) in [6.45, 7) is 4.10. The van der Waals surface area contributed by atoms with Gasteiger partial charge in [0.2, 0.25) is 0 Å². The number of hydrogen-bond donors (Lipinski definition) is 2. The highest BCUT2D eigenvalue weighted by Crippen LogP contribution is 2.17. The Balaban J connectivity index is 0.00000320. The van der Waals surface area contributed by atoms with E-state index in [1.807, 2.05) is 48.0 Å². The SMILES string of the molecule is CCNC(=NCc1ccc(F)cc1CSC)NCCCc1nnc2ccccn12.I. The summed E-state index contributed by atoms with van der Waals surface area (Å²) >= 11 is 1.68. The van der Waals surface area contributed by atoms with Crippen molar-refractivity contribution in [1.82, 2.24) is 25.2 Å². The van der Waals surface area contributed by atoms with Gasteiger partial charge in [-0.2, -0.15) is 11.8 Å². The number of aliphatic imine (C=N–C) groups is 1. The van der Waals surface area contributed by atoms with Crippen LogP contribution >= 0.6 is 35.7 Å². The molecule has 9 heteroatoms. The number of hydrogen-bond acceptors (Lipinski definition) is 4. The Morgan fingerprint density at radius 1 is 1.17 bits per heavy atom. The number of guanidine groups is 1. The topological polar surface area (TPSA) is 66.6 Å². The van der Waals surface area contributed by atoms with E-state index >= 15 is 0 Å². The molecule has 0 bridgehead atoms. The van der Waals surface area contributed by atoms with Crippen LogP contribution in [0.15, 0.2) is 47.6 Å². The van der Waals surface area contributed by atoms with Crippen molar-refractivity contribution in [2.24, 2.45) is 4.99 Å². The second kappa shape index (κ2) is 12.7. The van der Waals surface area contributed by atoms with Gasteiger partial charge in [0.05, 0.1) is 6.54 Å². The van der Waals surface area contributed by atoms with E-state index in [9.17, 15) is 4.39 Å². The molecule has 0 saturated carbocycles. The summed E-state index contributed by atoms with van der Waals surface area (Å²) in [5, 5.41) is 15.1. The predicted molar refractivity (Wildman–Crippen MR) is 133 cm³/mol. The van der Waals surface area contributed by atoms with E-state index in [4.69, 9.17) is 0 Å². The van der Waals surface area contributed by atoms with E-state index in [0.29, 0.717) is 6.54 Å². The Hall–Kier alpha value is -1.88. The third-order valence-electron chi connectivity index (χ3n) is 4.47. The van der Waals surface area contributed by atoms with Crippen molar-refractivity contribution >= 4 is 47.3 Å². The van der Waals surface area contributed by atoms with E-state index in [0.717, 1.165) is 60.2 Å². The van der Waals surface area contributed by atoms with Gasteiger partial charge >= 0.3 is 0 Å². The number of halogens is 2. The van der Waals surface area contributed by atoms with E-state index in [-0.39, 0.29) is 29.8 Å². The maximum Gasteiger partial charge on any atom is 0.191 e. The molecule has 0 radical (unpaired) electrons. The van der Waals surface area contributed by atoms with Crippen molar-refractivity contribution in [2.45, 2.75) is 32.1 Å². The fourth-order valence-electron chi connectivity index (χ4n) is 3.06. The molecule has 0 spiro atoms. The molecule has 30 heavy (non-hydrogen) atoms. The normalized spacial score (nSPS) is 11.4. The van der Waals surface area contributed by atoms with Crippen LogP contribution < -0.4 is 10.6 Å². The van der Waals surface area contributed by atoms with Crippen LogP contribution in [0, 0.1) is 5.82 Å². The third kappa shape index (κ3) is 6.83. The van der Waals surface area contributed by atoms with Gasteiger partial charge in [-0.15, -0.1) is 34.2 Å². The first-order valence-corrected chi connectivity index (χ1v) is 11.2. The molecule has 0 saturated heterocycles. The summed E-state index contributed by atoms with van der Waals surface area (Å²) in [6, 6.07) is 10.8. The molecule has 0 amide bonds. The second-order valence-electron chi connectivity index (χ2n) is 6.62. The molecule has 0 aliphatic rings. The smallest absolute Gasteiger partial charge is 0.191 e. The van der Waals surface area contributed by atoms with Gasteiger partial charge in [0.25, 0.3) is 0 Å². The van der Waals surface area contributed by atoms with Gasteiger partial charge in [-0.05, 0) is 55.0 Å². The first kappa shape index (κ1) is 24.4. The number of nitrogens with zero attached hydrogens (tertiary/aromatic N) is 4. The van der Waals surface area contributed by atoms with E-state index in [1.54, 1.807) is 17.8 Å². The highest BCUT2D eigenvalue weighted by molar-refractivity contribution is 14.0. The molecule has 2 heterocycles. The molecule has 0 unspecified atom stereocenters. The minimum atomic E-state index is -0.201. The zero-order valence-electron chi connectivity index (χ0n) is 17.3. The molecule has 6 nitrogen and oxygen atoms in total. The van der Waals surface area contributed by atoms with Crippen LogP contribution in [0.3, 0.4) is 0 Å².